The molecule has 4 heteroatoms. The Hall–Kier alpha value is -0.610. The summed E-state index contributed by atoms with van der Waals surface area (Å²) < 4.78 is 0. The van der Waals surface area contributed by atoms with Crippen LogP contribution in [0.1, 0.15) is 23.8 Å². The second-order valence-corrected chi connectivity index (χ2v) is 4.51. The Morgan fingerprint density at radius 1 is 1.54 bits per heavy atom. The zero-order valence-electron chi connectivity index (χ0n) is 7.73. The minimum absolute atomic E-state index is 0.180. The molecule has 2 heterocycles. The molecule has 2 rings (SSSR count). The van der Waals surface area contributed by atoms with Crippen molar-refractivity contribution in [3.8, 4) is 5.88 Å². The van der Waals surface area contributed by atoms with Crippen LogP contribution in [0.25, 0.3) is 0 Å². The molecule has 0 spiro atoms. The molecule has 0 bridgehead atoms. The fourth-order valence-electron chi connectivity index (χ4n) is 1.72. The largest absolute Gasteiger partial charge is 0.493 e. The Balaban J connectivity index is 2.02. The highest BCUT2D eigenvalue weighted by Gasteiger charge is 2.20. The molecule has 0 aromatic carbocycles. The summed E-state index contributed by atoms with van der Waals surface area (Å²) in [7, 11) is 2.15. The molecule has 72 valence electrons. The summed E-state index contributed by atoms with van der Waals surface area (Å²) in [5.41, 5.74) is 0. The third-order valence-corrected chi connectivity index (χ3v) is 3.57. The fraction of sp³-hybridized carbons (Fsp3) is 0.667. The van der Waals surface area contributed by atoms with Gasteiger partial charge in [-0.05, 0) is 33.0 Å². The summed E-state index contributed by atoms with van der Waals surface area (Å²) in [6.45, 7) is 2.29. The van der Waals surface area contributed by atoms with E-state index in [0.29, 0.717) is 5.92 Å². The maximum atomic E-state index is 9.12. The summed E-state index contributed by atoms with van der Waals surface area (Å²) in [5, 5.41) is 11.9. The van der Waals surface area contributed by atoms with Crippen molar-refractivity contribution in [2.24, 2.45) is 0 Å². The van der Waals surface area contributed by atoms with Crippen LogP contribution in [0.15, 0.2) is 5.38 Å². The third kappa shape index (κ3) is 2.00. The van der Waals surface area contributed by atoms with Crippen LogP contribution in [0.3, 0.4) is 0 Å². The first-order valence-electron chi connectivity index (χ1n) is 4.58. The van der Waals surface area contributed by atoms with Crippen molar-refractivity contribution in [1.82, 2.24) is 9.88 Å². The molecule has 0 amide bonds. The van der Waals surface area contributed by atoms with Crippen molar-refractivity contribution >= 4 is 11.3 Å². The van der Waals surface area contributed by atoms with Gasteiger partial charge in [0.1, 0.15) is 0 Å². The maximum absolute atomic E-state index is 9.12. The summed E-state index contributed by atoms with van der Waals surface area (Å²) in [4.78, 5) is 6.45. The summed E-state index contributed by atoms with van der Waals surface area (Å²) in [6, 6.07) is 0. The second kappa shape index (κ2) is 3.64. The van der Waals surface area contributed by atoms with Gasteiger partial charge in [-0.3, -0.25) is 0 Å². The van der Waals surface area contributed by atoms with Crippen LogP contribution in [0, 0.1) is 0 Å². The van der Waals surface area contributed by atoms with Crippen molar-refractivity contribution in [3.63, 3.8) is 0 Å². The Labute approximate surface area is 82.0 Å². The van der Waals surface area contributed by atoms with Gasteiger partial charge in [-0.2, -0.15) is 0 Å². The first kappa shape index (κ1) is 8.97. The van der Waals surface area contributed by atoms with Crippen LogP contribution in [-0.2, 0) is 0 Å². The number of aromatic nitrogens is 1. The van der Waals surface area contributed by atoms with Crippen molar-refractivity contribution in [2.45, 2.75) is 18.8 Å². The zero-order chi connectivity index (χ0) is 9.26. The first-order valence-corrected chi connectivity index (χ1v) is 5.46. The maximum Gasteiger partial charge on any atom is 0.222 e. The van der Waals surface area contributed by atoms with Crippen molar-refractivity contribution in [1.29, 1.82) is 0 Å². The molecule has 1 aromatic heterocycles. The van der Waals surface area contributed by atoms with Gasteiger partial charge in [0.05, 0.1) is 10.4 Å². The molecule has 1 aliphatic rings. The summed E-state index contributed by atoms with van der Waals surface area (Å²) in [5.74, 6) is 0.751. The molecule has 1 N–H and O–H groups in total. The minimum atomic E-state index is 0.180. The fourth-order valence-corrected chi connectivity index (χ4v) is 2.57. The molecule has 0 aliphatic carbocycles. The van der Waals surface area contributed by atoms with Crippen LogP contribution in [0.2, 0.25) is 0 Å². The molecule has 13 heavy (non-hydrogen) atoms. The lowest BCUT2D eigenvalue weighted by atomic mass is 9.98. The number of aromatic hydroxyl groups is 1. The van der Waals surface area contributed by atoms with Crippen molar-refractivity contribution in [3.05, 3.63) is 10.4 Å². The van der Waals surface area contributed by atoms with E-state index in [-0.39, 0.29) is 5.88 Å². The molecular formula is C9H14N2OS. The number of piperidine rings is 1. The highest BCUT2D eigenvalue weighted by molar-refractivity contribution is 7.09. The average Bonchev–Trinajstić information content (AvgIpc) is 2.53. The van der Waals surface area contributed by atoms with Gasteiger partial charge in [-0.25, -0.2) is 4.98 Å². The summed E-state index contributed by atoms with van der Waals surface area (Å²) in [6.07, 6.45) is 2.34. The van der Waals surface area contributed by atoms with Crippen LogP contribution < -0.4 is 0 Å². The number of hydrogen-bond acceptors (Lipinski definition) is 4. The molecule has 0 unspecified atom stereocenters. The molecule has 0 radical (unpaired) electrons. The van der Waals surface area contributed by atoms with Gasteiger partial charge in [0.2, 0.25) is 5.88 Å². The number of nitrogens with zero attached hydrogens (tertiary/aromatic N) is 2. The average molecular weight is 198 g/mol. The van der Waals surface area contributed by atoms with Crippen LogP contribution in [-0.4, -0.2) is 35.1 Å². The zero-order valence-corrected chi connectivity index (χ0v) is 8.55. The normalized spacial score (nSPS) is 20.7. The Morgan fingerprint density at radius 2 is 2.23 bits per heavy atom. The quantitative estimate of drug-likeness (QED) is 0.745. The van der Waals surface area contributed by atoms with E-state index in [4.69, 9.17) is 5.11 Å². The highest BCUT2D eigenvalue weighted by Crippen LogP contribution is 2.30. The van der Waals surface area contributed by atoms with Gasteiger partial charge in [0.25, 0.3) is 0 Å². The molecule has 1 fully saturated rings. The molecule has 0 atom stereocenters. The molecule has 1 aliphatic heterocycles. The monoisotopic (exact) mass is 198 g/mol. The number of likely N-dealkylation sites (tertiary alicyclic amines) is 1. The topological polar surface area (TPSA) is 36.4 Å². The van der Waals surface area contributed by atoms with E-state index in [9.17, 15) is 0 Å². The van der Waals surface area contributed by atoms with Crippen LogP contribution in [0.4, 0.5) is 0 Å². The van der Waals surface area contributed by atoms with Gasteiger partial charge in [0, 0.05) is 5.92 Å². The van der Waals surface area contributed by atoms with Crippen LogP contribution >= 0.6 is 11.3 Å². The van der Waals surface area contributed by atoms with Gasteiger partial charge in [-0.1, -0.05) is 0 Å². The predicted molar refractivity (Wildman–Crippen MR) is 53.3 cm³/mol. The first-order chi connectivity index (χ1) is 6.25. The lowest BCUT2D eigenvalue weighted by molar-refractivity contribution is 0.254. The van der Waals surface area contributed by atoms with Crippen molar-refractivity contribution < 1.29 is 5.11 Å². The Morgan fingerprint density at radius 3 is 2.77 bits per heavy atom. The van der Waals surface area contributed by atoms with E-state index in [0.717, 1.165) is 18.1 Å². The van der Waals surface area contributed by atoms with E-state index in [1.165, 1.54) is 12.8 Å². The van der Waals surface area contributed by atoms with Gasteiger partial charge in [-0.15, -0.1) is 11.3 Å². The number of thiazole rings is 1. The van der Waals surface area contributed by atoms with E-state index in [2.05, 4.69) is 16.9 Å². The number of rotatable bonds is 1. The Kier molecular flexibility index (Phi) is 2.51. The SMILES string of the molecule is CN1CCC(c2nc(O)cs2)CC1. The van der Waals surface area contributed by atoms with Gasteiger partial charge < -0.3 is 10.0 Å². The van der Waals surface area contributed by atoms with Gasteiger partial charge in [0.15, 0.2) is 0 Å². The second-order valence-electron chi connectivity index (χ2n) is 3.62. The highest BCUT2D eigenvalue weighted by atomic mass is 32.1. The smallest absolute Gasteiger partial charge is 0.222 e. The molecular weight excluding hydrogens is 184 g/mol. The van der Waals surface area contributed by atoms with E-state index >= 15 is 0 Å². The third-order valence-electron chi connectivity index (χ3n) is 2.58. The molecule has 0 saturated carbocycles. The number of hydrogen-bond donors (Lipinski definition) is 1. The Bertz CT molecular complexity index is 279. The lowest BCUT2D eigenvalue weighted by Crippen LogP contribution is -2.29. The minimum Gasteiger partial charge on any atom is -0.493 e. The van der Waals surface area contributed by atoms with E-state index in [1.807, 2.05) is 0 Å². The standard InChI is InChI=1S/C9H14N2OS/c1-11-4-2-7(3-5-11)9-10-8(12)6-13-9/h6-7,12H,2-5H2,1H3. The van der Waals surface area contributed by atoms with E-state index < -0.39 is 0 Å². The summed E-state index contributed by atoms with van der Waals surface area (Å²) >= 11 is 1.58. The lowest BCUT2D eigenvalue weighted by Gasteiger charge is -2.27. The molecule has 1 saturated heterocycles. The molecule has 1 aromatic rings. The molecule has 3 nitrogen and oxygen atoms in total. The predicted octanol–water partition coefficient (Wildman–Crippen LogP) is 1.66. The van der Waals surface area contributed by atoms with E-state index in [1.54, 1.807) is 16.7 Å². The van der Waals surface area contributed by atoms with Crippen molar-refractivity contribution in [2.75, 3.05) is 20.1 Å². The van der Waals surface area contributed by atoms with Gasteiger partial charge >= 0.3 is 0 Å². The van der Waals surface area contributed by atoms with Crippen LogP contribution in [0.5, 0.6) is 5.88 Å².